The van der Waals surface area contributed by atoms with E-state index in [1.54, 1.807) is 13.3 Å². The third kappa shape index (κ3) is 6.20. The molecule has 198 valence electrons. The maximum Gasteiger partial charge on any atom is 0.163 e. The Balaban J connectivity index is 1.27. The molecule has 1 aliphatic rings. The van der Waals surface area contributed by atoms with Gasteiger partial charge in [0.25, 0.3) is 0 Å². The zero-order valence-corrected chi connectivity index (χ0v) is 22.8. The van der Waals surface area contributed by atoms with Gasteiger partial charge in [-0.1, -0.05) is 32.9 Å². The largest absolute Gasteiger partial charge is 0.493 e. The summed E-state index contributed by atoms with van der Waals surface area (Å²) in [5.74, 6) is 2.84. The van der Waals surface area contributed by atoms with Gasteiger partial charge in [0.15, 0.2) is 11.5 Å². The molecule has 0 saturated carbocycles. The standard InChI is InChI=1S/C32H37N3O3/c1-32(2,3)23-7-9-24(10-8-23)34-25-11-13-26(14-12-25)38-29-15-16-33-28-22-31(30(36-4)21-27(28)29)37-20-19-35-17-5-6-18-35/h7-16,21-22,34H,5-6,17-20H2,1-4H3. The summed E-state index contributed by atoms with van der Waals surface area (Å²) < 4.78 is 18.0. The zero-order chi connectivity index (χ0) is 26.5. The van der Waals surface area contributed by atoms with Crippen LogP contribution in [0.3, 0.4) is 0 Å². The summed E-state index contributed by atoms with van der Waals surface area (Å²) >= 11 is 0. The molecule has 1 saturated heterocycles. The fourth-order valence-corrected chi connectivity index (χ4v) is 4.73. The van der Waals surface area contributed by atoms with Crippen molar-refractivity contribution in [3.8, 4) is 23.0 Å². The minimum absolute atomic E-state index is 0.139. The first-order chi connectivity index (χ1) is 18.4. The highest BCUT2D eigenvalue weighted by atomic mass is 16.5. The van der Waals surface area contributed by atoms with Crippen LogP contribution in [0.2, 0.25) is 0 Å². The summed E-state index contributed by atoms with van der Waals surface area (Å²) in [6.07, 6.45) is 4.31. The van der Waals surface area contributed by atoms with E-state index in [0.717, 1.165) is 53.4 Å². The fraction of sp³-hybridized carbons (Fsp3) is 0.344. The van der Waals surface area contributed by atoms with Crippen molar-refractivity contribution in [1.82, 2.24) is 9.88 Å². The molecule has 0 unspecified atom stereocenters. The second kappa shape index (κ2) is 11.3. The van der Waals surface area contributed by atoms with E-state index >= 15 is 0 Å². The van der Waals surface area contributed by atoms with E-state index in [9.17, 15) is 0 Å². The number of rotatable bonds is 9. The number of methoxy groups -OCH3 is 1. The highest BCUT2D eigenvalue weighted by Gasteiger charge is 2.15. The molecule has 1 fully saturated rings. The van der Waals surface area contributed by atoms with Crippen LogP contribution in [0.15, 0.2) is 72.9 Å². The van der Waals surface area contributed by atoms with Crippen LogP contribution < -0.4 is 19.5 Å². The van der Waals surface area contributed by atoms with Crippen molar-refractivity contribution in [2.75, 3.05) is 38.7 Å². The summed E-state index contributed by atoms with van der Waals surface area (Å²) in [5, 5.41) is 4.33. The Morgan fingerprint density at radius 3 is 2.18 bits per heavy atom. The number of fused-ring (bicyclic) bond motifs is 1. The SMILES string of the molecule is COc1cc2c(Oc3ccc(Nc4ccc(C(C)(C)C)cc4)cc3)ccnc2cc1OCCN1CCCC1. The molecular formula is C32H37N3O3. The van der Waals surface area contributed by atoms with Gasteiger partial charge in [0.05, 0.1) is 12.6 Å². The molecule has 3 aromatic carbocycles. The molecule has 6 heteroatoms. The van der Waals surface area contributed by atoms with Crippen molar-refractivity contribution < 1.29 is 14.2 Å². The van der Waals surface area contributed by atoms with Crippen molar-refractivity contribution in [2.45, 2.75) is 39.0 Å². The Morgan fingerprint density at radius 2 is 1.53 bits per heavy atom. The molecule has 0 bridgehead atoms. The van der Waals surface area contributed by atoms with Crippen molar-refractivity contribution in [3.05, 3.63) is 78.5 Å². The molecule has 38 heavy (non-hydrogen) atoms. The van der Waals surface area contributed by atoms with Crippen LogP contribution >= 0.6 is 0 Å². The van der Waals surface area contributed by atoms with Gasteiger partial charge in [-0.25, -0.2) is 0 Å². The van der Waals surface area contributed by atoms with Gasteiger partial charge >= 0.3 is 0 Å². The van der Waals surface area contributed by atoms with E-state index in [2.05, 4.69) is 60.2 Å². The molecule has 1 aromatic heterocycles. The predicted octanol–water partition coefficient (Wildman–Crippen LogP) is 7.55. The number of nitrogens with zero attached hydrogens (tertiary/aromatic N) is 2. The minimum Gasteiger partial charge on any atom is -0.493 e. The van der Waals surface area contributed by atoms with Crippen molar-refractivity contribution in [1.29, 1.82) is 0 Å². The third-order valence-corrected chi connectivity index (χ3v) is 6.97. The maximum atomic E-state index is 6.27. The number of aromatic nitrogens is 1. The number of likely N-dealkylation sites (tertiary alicyclic amines) is 1. The van der Waals surface area contributed by atoms with Gasteiger partial charge in [-0.3, -0.25) is 9.88 Å². The molecule has 0 aliphatic carbocycles. The molecule has 0 atom stereocenters. The van der Waals surface area contributed by atoms with Gasteiger partial charge in [-0.2, -0.15) is 0 Å². The van der Waals surface area contributed by atoms with Gasteiger partial charge in [-0.15, -0.1) is 0 Å². The van der Waals surface area contributed by atoms with E-state index < -0.39 is 0 Å². The lowest BCUT2D eigenvalue weighted by Gasteiger charge is -2.19. The number of anilines is 2. The molecular weight excluding hydrogens is 474 g/mol. The predicted molar refractivity (Wildman–Crippen MR) is 154 cm³/mol. The second-order valence-corrected chi connectivity index (χ2v) is 10.8. The quantitative estimate of drug-likeness (QED) is 0.250. The Labute approximate surface area is 225 Å². The topological polar surface area (TPSA) is 55.9 Å². The monoisotopic (exact) mass is 511 g/mol. The lowest BCUT2D eigenvalue weighted by Crippen LogP contribution is -2.25. The summed E-state index contributed by atoms with van der Waals surface area (Å²) in [5.41, 5.74) is 4.31. The second-order valence-electron chi connectivity index (χ2n) is 10.8. The number of hydrogen-bond acceptors (Lipinski definition) is 6. The van der Waals surface area contributed by atoms with Gasteiger partial charge in [-0.05, 0) is 85.4 Å². The van der Waals surface area contributed by atoms with Gasteiger partial charge in [0.1, 0.15) is 18.1 Å². The van der Waals surface area contributed by atoms with E-state index in [4.69, 9.17) is 14.2 Å². The van der Waals surface area contributed by atoms with Crippen LogP contribution in [0, 0.1) is 0 Å². The number of nitrogens with one attached hydrogen (secondary N) is 1. The number of ether oxygens (including phenoxy) is 3. The summed E-state index contributed by atoms with van der Waals surface area (Å²) in [7, 11) is 1.66. The lowest BCUT2D eigenvalue weighted by atomic mass is 9.87. The molecule has 0 spiro atoms. The van der Waals surface area contributed by atoms with Gasteiger partial charge < -0.3 is 19.5 Å². The summed E-state index contributed by atoms with van der Waals surface area (Å²) in [6, 6.07) is 22.3. The van der Waals surface area contributed by atoms with Crippen LogP contribution in [0.4, 0.5) is 11.4 Å². The Morgan fingerprint density at radius 1 is 0.842 bits per heavy atom. The Hall–Kier alpha value is -3.77. The first-order valence-corrected chi connectivity index (χ1v) is 13.4. The maximum absolute atomic E-state index is 6.27. The van der Waals surface area contributed by atoms with Crippen molar-refractivity contribution >= 4 is 22.3 Å². The molecule has 0 radical (unpaired) electrons. The summed E-state index contributed by atoms with van der Waals surface area (Å²) in [4.78, 5) is 6.98. The van der Waals surface area contributed by atoms with Gasteiger partial charge in [0.2, 0.25) is 0 Å². The van der Waals surface area contributed by atoms with Crippen LogP contribution in [0.1, 0.15) is 39.2 Å². The Bertz CT molecular complexity index is 1360. The van der Waals surface area contributed by atoms with E-state index in [1.807, 2.05) is 42.5 Å². The van der Waals surface area contributed by atoms with Crippen molar-refractivity contribution in [2.24, 2.45) is 0 Å². The van der Waals surface area contributed by atoms with Crippen LogP contribution in [-0.4, -0.2) is 43.2 Å². The van der Waals surface area contributed by atoms with E-state index in [-0.39, 0.29) is 5.41 Å². The highest BCUT2D eigenvalue weighted by molar-refractivity contribution is 5.88. The normalized spacial score (nSPS) is 14.0. The van der Waals surface area contributed by atoms with Crippen molar-refractivity contribution in [3.63, 3.8) is 0 Å². The number of hydrogen-bond donors (Lipinski definition) is 1. The summed E-state index contributed by atoms with van der Waals surface area (Å²) in [6.45, 7) is 10.5. The van der Waals surface area contributed by atoms with Crippen LogP contribution in [-0.2, 0) is 5.41 Å². The number of pyridine rings is 1. The number of benzene rings is 3. The molecule has 4 aromatic rings. The van der Waals surface area contributed by atoms with Crippen LogP contribution in [0.5, 0.6) is 23.0 Å². The fourth-order valence-electron chi connectivity index (χ4n) is 4.73. The highest BCUT2D eigenvalue weighted by Crippen LogP contribution is 2.37. The van der Waals surface area contributed by atoms with E-state index in [1.165, 1.54) is 18.4 Å². The first kappa shape index (κ1) is 25.9. The van der Waals surface area contributed by atoms with Crippen LogP contribution in [0.25, 0.3) is 10.9 Å². The zero-order valence-electron chi connectivity index (χ0n) is 22.8. The molecule has 5 rings (SSSR count). The molecule has 0 amide bonds. The lowest BCUT2D eigenvalue weighted by molar-refractivity contribution is 0.230. The Kier molecular flexibility index (Phi) is 7.70. The third-order valence-electron chi connectivity index (χ3n) is 6.97. The van der Waals surface area contributed by atoms with E-state index in [0.29, 0.717) is 18.1 Å². The van der Waals surface area contributed by atoms with Gasteiger partial charge in [0, 0.05) is 35.6 Å². The molecule has 1 aliphatic heterocycles. The molecule has 6 nitrogen and oxygen atoms in total. The molecule has 2 heterocycles. The average molecular weight is 512 g/mol. The first-order valence-electron chi connectivity index (χ1n) is 13.4. The minimum atomic E-state index is 0.139. The molecule has 1 N–H and O–H groups in total. The smallest absolute Gasteiger partial charge is 0.163 e. The average Bonchev–Trinajstić information content (AvgIpc) is 3.43.